The molecule has 0 atom stereocenters. The fraction of sp³-hybridized carbons (Fsp3) is 0.462. The van der Waals surface area contributed by atoms with E-state index in [2.05, 4.69) is 5.32 Å². The molecule has 0 aliphatic heterocycles. The molecule has 118 valence electrons. The van der Waals surface area contributed by atoms with Crippen LogP contribution in [0.15, 0.2) is 17.0 Å². The molecule has 1 rings (SSSR count). The third-order valence-corrected chi connectivity index (χ3v) is 3.78. The van der Waals surface area contributed by atoms with Crippen LogP contribution < -0.4 is 10.5 Å². The number of benzene rings is 1. The van der Waals surface area contributed by atoms with Crippen molar-refractivity contribution in [3.63, 3.8) is 0 Å². The van der Waals surface area contributed by atoms with Gasteiger partial charge in [0.05, 0.1) is 5.56 Å². The highest BCUT2D eigenvalue weighted by molar-refractivity contribution is 7.89. The van der Waals surface area contributed by atoms with Gasteiger partial charge in [-0.2, -0.15) is 0 Å². The van der Waals surface area contributed by atoms with Crippen molar-refractivity contribution >= 4 is 15.9 Å². The van der Waals surface area contributed by atoms with E-state index in [0.29, 0.717) is 25.1 Å². The molecule has 0 unspecified atom stereocenters. The van der Waals surface area contributed by atoms with Crippen molar-refractivity contribution in [3.8, 4) is 0 Å². The third-order valence-electron chi connectivity index (χ3n) is 2.87. The first-order valence-electron chi connectivity index (χ1n) is 6.57. The molecule has 8 heteroatoms. The highest BCUT2D eigenvalue weighted by atomic mass is 32.2. The van der Waals surface area contributed by atoms with E-state index in [-0.39, 0.29) is 0 Å². The average molecular weight is 320 g/mol. The first kappa shape index (κ1) is 17.5. The van der Waals surface area contributed by atoms with Crippen molar-refractivity contribution in [1.29, 1.82) is 0 Å². The number of sulfonamides is 1. The van der Waals surface area contributed by atoms with Crippen LogP contribution in [0.2, 0.25) is 0 Å². The Morgan fingerprint density at radius 3 is 2.48 bits per heavy atom. The van der Waals surface area contributed by atoms with Crippen LogP contribution in [0.4, 0.5) is 8.78 Å². The van der Waals surface area contributed by atoms with Gasteiger partial charge in [-0.25, -0.2) is 22.3 Å². The van der Waals surface area contributed by atoms with E-state index < -0.39 is 38.0 Å². The molecule has 1 aromatic carbocycles. The van der Waals surface area contributed by atoms with Gasteiger partial charge in [-0.05, 0) is 18.6 Å². The number of halogens is 2. The summed E-state index contributed by atoms with van der Waals surface area (Å²) in [4.78, 5) is 10.7. The molecular formula is C13H18F2N2O3S. The van der Waals surface area contributed by atoms with Gasteiger partial charge in [0.15, 0.2) is 5.82 Å². The van der Waals surface area contributed by atoms with Gasteiger partial charge in [-0.3, -0.25) is 4.79 Å². The summed E-state index contributed by atoms with van der Waals surface area (Å²) in [5, 5.41) is 7.21. The summed E-state index contributed by atoms with van der Waals surface area (Å²) in [5.74, 6) is -3.25. The number of carbonyl (C=O) groups excluding carboxylic acids is 1. The van der Waals surface area contributed by atoms with Gasteiger partial charge in [-0.15, -0.1) is 0 Å². The fourth-order valence-electron chi connectivity index (χ4n) is 1.79. The van der Waals surface area contributed by atoms with Gasteiger partial charge >= 0.3 is 0 Å². The van der Waals surface area contributed by atoms with Gasteiger partial charge in [0.25, 0.3) is 5.91 Å². The Bertz CT molecular complexity index is 618. The Hall–Kier alpha value is -1.54. The fourth-order valence-corrected chi connectivity index (χ4v) is 2.42. The average Bonchev–Trinajstić information content (AvgIpc) is 2.39. The van der Waals surface area contributed by atoms with Gasteiger partial charge in [0.2, 0.25) is 10.0 Å². The molecule has 3 N–H and O–H groups in total. The van der Waals surface area contributed by atoms with E-state index in [9.17, 15) is 22.0 Å². The quantitative estimate of drug-likeness (QED) is 0.752. The molecule has 1 amide bonds. The Kier molecular flexibility index (Phi) is 6.22. The summed E-state index contributed by atoms with van der Waals surface area (Å²) >= 11 is 0. The lowest BCUT2D eigenvalue weighted by Crippen LogP contribution is -2.27. The molecule has 0 saturated carbocycles. The molecule has 0 radical (unpaired) electrons. The highest BCUT2D eigenvalue weighted by Gasteiger charge is 2.23. The van der Waals surface area contributed by atoms with Crippen molar-refractivity contribution in [3.05, 3.63) is 29.3 Å². The van der Waals surface area contributed by atoms with E-state index >= 15 is 0 Å². The van der Waals surface area contributed by atoms with E-state index in [4.69, 9.17) is 5.14 Å². The molecule has 5 nitrogen and oxygen atoms in total. The molecule has 21 heavy (non-hydrogen) atoms. The highest BCUT2D eigenvalue weighted by Crippen LogP contribution is 2.19. The molecule has 0 aliphatic carbocycles. The Morgan fingerprint density at radius 2 is 1.90 bits per heavy atom. The van der Waals surface area contributed by atoms with E-state index in [1.54, 1.807) is 0 Å². The van der Waals surface area contributed by atoms with Gasteiger partial charge in [-0.1, -0.05) is 26.2 Å². The van der Waals surface area contributed by atoms with Crippen molar-refractivity contribution in [2.45, 2.75) is 37.5 Å². The summed E-state index contributed by atoms with van der Waals surface area (Å²) < 4.78 is 49.6. The normalized spacial score (nSPS) is 11.4. The summed E-state index contributed by atoms with van der Waals surface area (Å²) in [7, 11) is -4.44. The number of hydrogen-bond acceptors (Lipinski definition) is 3. The standard InChI is InChI=1S/C13H18F2N2O3S/c1-2-3-4-5-6-17-13(18)10-7-9(14)8-11(12(10)15)21(16,19)20/h7-8H,2-6H2,1H3,(H,17,18)(H2,16,19,20). The zero-order valence-electron chi connectivity index (χ0n) is 11.7. The van der Waals surface area contributed by atoms with Crippen LogP contribution >= 0.6 is 0 Å². The van der Waals surface area contributed by atoms with Gasteiger partial charge < -0.3 is 5.32 Å². The Labute approximate surface area is 122 Å². The van der Waals surface area contributed by atoms with Crippen LogP contribution in [0.5, 0.6) is 0 Å². The molecule has 0 aromatic heterocycles. The van der Waals surface area contributed by atoms with Crippen molar-refractivity contribution in [2.75, 3.05) is 6.54 Å². The summed E-state index contributed by atoms with van der Waals surface area (Å²) in [6.45, 7) is 2.34. The number of nitrogens with one attached hydrogen (secondary N) is 1. The van der Waals surface area contributed by atoms with Crippen LogP contribution in [0.25, 0.3) is 0 Å². The number of unbranched alkanes of at least 4 members (excludes halogenated alkanes) is 3. The summed E-state index contributed by atoms with van der Waals surface area (Å²) in [6, 6.07) is 1.09. The minimum Gasteiger partial charge on any atom is -0.352 e. The predicted molar refractivity (Wildman–Crippen MR) is 74.2 cm³/mol. The molecule has 0 spiro atoms. The van der Waals surface area contributed by atoms with Crippen LogP contribution in [0, 0.1) is 11.6 Å². The number of amides is 1. The molecular weight excluding hydrogens is 302 g/mol. The largest absolute Gasteiger partial charge is 0.352 e. The molecule has 0 fully saturated rings. The smallest absolute Gasteiger partial charge is 0.254 e. The lowest BCUT2D eigenvalue weighted by atomic mass is 10.1. The zero-order chi connectivity index (χ0) is 16.0. The lowest BCUT2D eigenvalue weighted by Gasteiger charge is -2.08. The van der Waals surface area contributed by atoms with Crippen molar-refractivity contribution in [2.24, 2.45) is 5.14 Å². The minimum atomic E-state index is -4.44. The minimum absolute atomic E-state index is 0.305. The number of primary sulfonamides is 1. The van der Waals surface area contributed by atoms with Crippen molar-refractivity contribution < 1.29 is 22.0 Å². The number of rotatable bonds is 7. The van der Waals surface area contributed by atoms with Crippen LogP contribution in [0.3, 0.4) is 0 Å². The van der Waals surface area contributed by atoms with Gasteiger partial charge in [0.1, 0.15) is 10.7 Å². The Morgan fingerprint density at radius 1 is 1.24 bits per heavy atom. The molecule has 0 saturated heterocycles. The maximum atomic E-state index is 13.9. The SMILES string of the molecule is CCCCCCNC(=O)c1cc(F)cc(S(N)(=O)=O)c1F. The van der Waals surface area contributed by atoms with E-state index in [0.717, 1.165) is 19.3 Å². The third kappa shape index (κ3) is 5.05. The maximum Gasteiger partial charge on any atom is 0.254 e. The van der Waals surface area contributed by atoms with Crippen LogP contribution in [-0.4, -0.2) is 20.9 Å². The number of carbonyl (C=O) groups is 1. The number of hydrogen-bond donors (Lipinski definition) is 2. The number of nitrogens with two attached hydrogens (primary N) is 1. The second-order valence-electron chi connectivity index (χ2n) is 4.63. The van der Waals surface area contributed by atoms with E-state index in [1.807, 2.05) is 6.92 Å². The second-order valence-corrected chi connectivity index (χ2v) is 6.16. The second kappa shape index (κ2) is 7.46. The monoisotopic (exact) mass is 320 g/mol. The molecule has 0 bridgehead atoms. The van der Waals surface area contributed by atoms with Gasteiger partial charge in [0, 0.05) is 6.54 Å². The zero-order valence-corrected chi connectivity index (χ0v) is 12.5. The molecule has 0 aliphatic rings. The van der Waals surface area contributed by atoms with E-state index in [1.165, 1.54) is 0 Å². The predicted octanol–water partition coefficient (Wildman–Crippen LogP) is 1.92. The Balaban J connectivity index is 2.88. The lowest BCUT2D eigenvalue weighted by molar-refractivity contribution is 0.0948. The topological polar surface area (TPSA) is 89.3 Å². The molecule has 1 aromatic rings. The maximum absolute atomic E-state index is 13.9. The summed E-state index contributed by atoms with van der Waals surface area (Å²) in [6.07, 6.45) is 3.66. The van der Waals surface area contributed by atoms with Crippen LogP contribution in [-0.2, 0) is 10.0 Å². The molecule has 0 heterocycles. The van der Waals surface area contributed by atoms with Crippen LogP contribution in [0.1, 0.15) is 43.0 Å². The van der Waals surface area contributed by atoms with Crippen molar-refractivity contribution in [1.82, 2.24) is 5.32 Å². The summed E-state index contributed by atoms with van der Waals surface area (Å²) in [5.41, 5.74) is -0.672. The first-order valence-corrected chi connectivity index (χ1v) is 8.12. The first-order chi connectivity index (χ1) is 9.77.